The van der Waals surface area contributed by atoms with Crippen LogP contribution in [0.15, 0.2) is 54.6 Å². The van der Waals surface area contributed by atoms with Crippen LogP contribution in [0.25, 0.3) is 0 Å². The fourth-order valence-corrected chi connectivity index (χ4v) is 1.60. The molecule has 0 saturated heterocycles. The molecule has 2 aromatic rings. The maximum atomic E-state index is 8.88. The molecule has 0 amide bonds. The van der Waals surface area contributed by atoms with Gasteiger partial charge in [0.05, 0.1) is 24.6 Å². The molecule has 0 aliphatic heterocycles. The highest BCUT2D eigenvalue weighted by molar-refractivity contribution is 5.62. The van der Waals surface area contributed by atoms with Crippen molar-refractivity contribution >= 4 is 17.1 Å². The maximum absolute atomic E-state index is 8.88. The molecule has 0 aromatic heterocycles. The number of aliphatic hydroxyl groups excluding tert-OH is 1. The second kappa shape index (κ2) is 6.05. The number of hydrogen-bond donors (Lipinski definition) is 2. The topological polar surface area (TPSA) is 58.7 Å². The number of rotatable bonds is 5. The van der Waals surface area contributed by atoms with Gasteiger partial charge in [-0.2, -0.15) is 0 Å². The highest BCUT2D eigenvalue weighted by Crippen LogP contribution is 2.26. The fourth-order valence-electron chi connectivity index (χ4n) is 1.60. The zero-order valence-corrected chi connectivity index (χ0v) is 9.99. The smallest absolute Gasteiger partial charge is 0.0984 e. The van der Waals surface area contributed by atoms with Crippen LogP contribution in [-0.2, 0) is 4.84 Å². The Morgan fingerprint density at radius 2 is 1.56 bits per heavy atom. The molecule has 0 aliphatic rings. The largest absolute Gasteiger partial charge is 0.399 e. The summed E-state index contributed by atoms with van der Waals surface area (Å²) in [6.07, 6.45) is 0. The van der Waals surface area contributed by atoms with Crippen molar-refractivity contribution in [2.45, 2.75) is 0 Å². The zero-order valence-electron chi connectivity index (χ0n) is 9.99. The lowest BCUT2D eigenvalue weighted by atomic mass is 10.2. The molecule has 0 radical (unpaired) electrons. The van der Waals surface area contributed by atoms with Crippen LogP contribution in [0.1, 0.15) is 0 Å². The molecule has 2 rings (SSSR count). The van der Waals surface area contributed by atoms with Gasteiger partial charge in [-0.05, 0) is 36.4 Å². The van der Waals surface area contributed by atoms with Gasteiger partial charge in [-0.15, -0.1) is 0 Å². The lowest BCUT2D eigenvalue weighted by Crippen LogP contribution is -2.19. The minimum Gasteiger partial charge on any atom is -0.399 e. The molecular weight excluding hydrogens is 228 g/mol. The third-order valence-electron chi connectivity index (χ3n) is 2.43. The molecule has 4 heteroatoms. The van der Waals surface area contributed by atoms with Crippen LogP contribution in [0.2, 0.25) is 0 Å². The molecule has 0 spiro atoms. The molecule has 3 N–H and O–H groups in total. The fraction of sp³-hybridized carbons (Fsp3) is 0.143. The van der Waals surface area contributed by atoms with Gasteiger partial charge in [-0.3, -0.25) is 4.84 Å². The van der Waals surface area contributed by atoms with Crippen molar-refractivity contribution < 1.29 is 9.94 Å². The standard InChI is InChI=1S/C14H16N2O2/c15-12-6-8-14(9-7-12)16(18-11-10-17)13-4-2-1-3-5-13/h1-9,17H,10-11,15H2. The van der Waals surface area contributed by atoms with Gasteiger partial charge in [-0.1, -0.05) is 18.2 Å². The first kappa shape index (κ1) is 12.4. The zero-order chi connectivity index (χ0) is 12.8. The molecule has 4 nitrogen and oxygen atoms in total. The Balaban J connectivity index is 2.27. The first-order valence-corrected chi connectivity index (χ1v) is 5.76. The van der Waals surface area contributed by atoms with E-state index < -0.39 is 0 Å². The second-order valence-corrected chi connectivity index (χ2v) is 3.78. The van der Waals surface area contributed by atoms with Crippen LogP contribution in [0.4, 0.5) is 17.1 Å². The monoisotopic (exact) mass is 244 g/mol. The molecule has 0 fully saturated rings. The average Bonchev–Trinajstić information content (AvgIpc) is 2.42. The van der Waals surface area contributed by atoms with Gasteiger partial charge in [-0.25, -0.2) is 5.06 Å². The van der Waals surface area contributed by atoms with Gasteiger partial charge < -0.3 is 10.8 Å². The first-order valence-electron chi connectivity index (χ1n) is 5.76. The number of hydrogen-bond acceptors (Lipinski definition) is 4. The number of nitrogens with two attached hydrogens (primary N) is 1. The number of aliphatic hydroxyl groups is 1. The van der Waals surface area contributed by atoms with Crippen LogP contribution in [0.3, 0.4) is 0 Å². The molecule has 0 unspecified atom stereocenters. The van der Waals surface area contributed by atoms with E-state index in [0.29, 0.717) is 5.69 Å². The summed E-state index contributed by atoms with van der Waals surface area (Å²) >= 11 is 0. The van der Waals surface area contributed by atoms with Crippen LogP contribution < -0.4 is 10.8 Å². The summed E-state index contributed by atoms with van der Waals surface area (Å²) in [4.78, 5) is 5.55. The van der Waals surface area contributed by atoms with Crippen LogP contribution in [0, 0.1) is 0 Å². The molecular formula is C14H16N2O2. The van der Waals surface area contributed by atoms with Gasteiger partial charge in [0.25, 0.3) is 0 Å². The van der Waals surface area contributed by atoms with Crippen molar-refractivity contribution in [3.8, 4) is 0 Å². The summed E-state index contributed by atoms with van der Waals surface area (Å²) in [7, 11) is 0. The highest BCUT2D eigenvalue weighted by Gasteiger charge is 2.09. The predicted molar refractivity (Wildman–Crippen MR) is 72.5 cm³/mol. The van der Waals surface area contributed by atoms with E-state index in [2.05, 4.69) is 0 Å². The van der Waals surface area contributed by atoms with Gasteiger partial charge in [0.2, 0.25) is 0 Å². The number of nitrogen functional groups attached to an aromatic ring is 1. The van der Waals surface area contributed by atoms with Gasteiger partial charge >= 0.3 is 0 Å². The lowest BCUT2D eigenvalue weighted by molar-refractivity contribution is 0.0929. The van der Waals surface area contributed by atoms with Gasteiger partial charge in [0.15, 0.2) is 0 Å². The summed E-state index contributed by atoms with van der Waals surface area (Å²) in [6.45, 7) is 0.206. The molecule has 0 aliphatic carbocycles. The molecule has 0 heterocycles. The summed E-state index contributed by atoms with van der Waals surface area (Å²) in [5.74, 6) is 0. The summed E-state index contributed by atoms with van der Waals surface area (Å²) in [5, 5.41) is 10.6. The van der Waals surface area contributed by atoms with Crippen molar-refractivity contribution in [1.82, 2.24) is 0 Å². The number of para-hydroxylation sites is 1. The third kappa shape index (κ3) is 3.00. The van der Waals surface area contributed by atoms with E-state index in [4.69, 9.17) is 15.7 Å². The first-order chi connectivity index (χ1) is 8.81. The van der Waals surface area contributed by atoms with Crippen molar-refractivity contribution in [1.29, 1.82) is 0 Å². The van der Waals surface area contributed by atoms with Crippen molar-refractivity contribution in [3.63, 3.8) is 0 Å². The van der Waals surface area contributed by atoms with Crippen LogP contribution in [-0.4, -0.2) is 18.3 Å². The molecule has 94 valence electrons. The van der Waals surface area contributed by atoms with E-state index in [9.17, 15) is 0 Å². The molecule has 0 atom stereocenters. The van der Waals surface area contributed by atoms with E-state index in [1.807, 2.05) is 54.6 Å². The third-order valence-corrected chi connectivity index (χ3v) is 2.43. The minimum absolute atomic E-state index is 0.0295. The molecule has 0 saturated carbocycles. The maximum Gasteiger partial charge on any atom is 0.0984 e. The van der Waals surface area contributed by atoms with Gasteiger partial charge in [0.1, 0.15) is 0 Å². The minimum atomic E-state index is -0.0295. The molecule has 2 aromatic carbocycles. The van der Waals surface area contributed by atoms with E-state index in [0.717, 1.165) is 11.4 Å². The van der Waals surface area contributed by atoms with E-state index in [1.165, 1.54) is 0 Å². The van der Waals surface area contributed by atoms with Crippen LogP contribution >= 0.6 is 0 Å². The number of benzene rings is 2. The van der Waals surface area contributed by atoms with E-state index in [1.54, 1.807) is 5.06 Å². The average molecular weight is 244 g/mol. The normalized spacial score (nSPS) is 10.3. The Labute approximate surface area is 106 Å². The quantitative estimate of drug-likeness (QED) is 0.626. The van der Waals surface area contributed by atoms with Crippen molar-refractivity contribution in [2.24, 2.45) is 0 Å². The van der Waals surface area contributed by atoms with Crippen molar-refractivity contribution in [2.75, 3.05) is 24.0 Å². The Bertz CT molecular complexity index is 471. The van der Waals surface area contributed by atoms with Gasteiger partial charge in [0, 0.05) is 5.69 Å². The predicted octanol–water partition coefficient (Wildman–Crippen LogP) is 2.33. The van der Waals surface area contributed by atoms with Crippen LogP contribution in [0.5, 0.6) is 0 Å². The summed E-state index contributed by atoms with van der Waals surface area (Å²) in [6, 6.07) is 17.1. The Hall–Kier alpha value is -2.04. The molecule has 0 bridgehead atoms. The summed E-state index contributed by atoms with van der Waals surface area (Å²) < 4.78 is 0. The highest BCUT2D eigenvalue weighted by atomic mass is 16.7. The van der Waals surface area contributed by atoms with E-state index in [-0.39, 0.29) is 13.2 Å². The SMILES string of the molecule is Nc1ccc(N(OCCO)c2ccccc2)cc1. The Morgan fingerprint density at radius 3 is 2.17 bits per heavy atom. The summed E-state index contributed by atoms with van der Waals surface area (Å²) in [5.41, 5.74) is 8.13. The number of nitrogens with zero attached hydrogens (tertiary/aromatic N) is 1. The second-order valence-electron chi connectivity index (χ2n) is 3.78. The lowest BCUT2D eigenvalue weighted by Gasteiger charge is -2.23. The molecule has 18 heavy (non-hydrogen) atoms. The van der Waals surface area contributed by atoms with E-state index >= 15 is 0 Å². The number of anilines is 3. The Morgan fingerprint density at radius 1 is 0.944 bits per heavy atom. The Kier molecular flexibility index (Phi) is 4.17. The van der Waals surface area contributed by atoms with Crippen molar-refractivity contribution in [3.05, 3.63) is 54.6 Å².